The number of esters is 2. The van der Waals surface area contributed by atoms with Crippen molar-refractivity contribution >= 4 is 18.0 Å². The van der Waals surface area contributed by atoms with E-state index in [-0.39, 0.29) is 0 Å². The minimum Gasteiger partial charge on any atom is -0.469 e. The fourth-order valence-electron chi connectivity index (χ4n) is 2.73. The lowest BCUT2D eigenvalue weighted by molar-refractivity contribution is -0.156. The number of hydrogen-bond donors (Lipinski definition) is 0. The molecule has 1 fully saturated rings. The molecule has 5 nitrogen and oxygen atoms in total. The smallest absolute Gasteiger partial charge is 0.312 e. The SMILES string of the molecule is C=CC1OC(/C=C\c2ccccc2)C(C(=O)OC)C1C(=O)OC. The van der Waals surface area contributed by atoms with Crippen LogP contribution in [-0.2, 0) is 23.8 Å². The Morgan fingerprint density at radius 1 is 1.04 bits per heavy atom. The molecule has 0 spiro atoms. The summed E-state index contributed by atoms with van der Waals surface area (Å²) < 4.78 is 15.4. The summed E-state index contributed by atoms with van der Waals surface area (Å²) in [5, 5.41) is 0. The van der Waals surface area contributed by atoms with Crippen LogP contribution < -0.4 is 0 Å². The van der Waals surface area contributed by atoms with Gasteiger partial charge < -0.3 is 14.2 Å². The van der Waals surface area contributed by atoms with E-state index in [2.05, 4.69) is 6.58 Å². The maximum atomic E-state index is 12.1. The average molecular weight is 316 g/mol. The summed E-state index contributed by atoms with van der Waals surface area (Å²) in [5.74, 6) is -2.56. The van der Waals surface area contributed by atoms with Gasteiger partial charge in [0.1, 0.15) is 11.8 Å². The van der Waals surface area contributed by atoms with Gasteiger partial charge in [0, 0.05) is 0 Å². The molecule has 1 heterocycles. The van der Waals surface area contributed by atoms with Crippen molar-refractivity contribution in [3.63, 3.8) is 0 Å². The van der Waals surface area contributed by atoms with Gasteiger partial charge in [-0.2, -0.15) is 0 Å². The molecule has 5 heteroatoms. The number of methoxy groups -OCH3 is 2. The monoisotopic (exact) mass is 316 g/mol. The highest BCUT2D eigenvalue weighted by Gasteiger charge is 2.51. The first-order valence-corrected chi connectivity index (χ1v) is 7.29. The molecule has 1 saturated heterocycles. The molecule has 4 unspecified atom stereocenters. The summed E-state index contributed by atoms with van der Waals surface area (Å²) in [6.45, 7) is 3.67. The Labute approximate surface area is 135 Å². The molecule has 122 valence electrons. The molecule has 0 radical (unpaired) electrons. The van der Waals surface area contributed by atoms with Crippen molar-refractivity contribution in [2.45, 2.75) is 12.2 Å². The molecule has 1 aliphatic heterocycles. The fourth-order valence-corrected chi connectivity index (χ4v) is 2.73. The van der Waals surface area contributed by atoms with E-state index in [1.165, 1.54) is 20.3 Å². The molecule has 0 aliphatic carbocycles. The van der Waals surface area contributed by atoms with E-state index in [1.54, 1.807) is 6.08 Å². The second kappa shape index (κ2) is 7.74. The topological polar surface area (TPSA) is 61.8 Å². The van der Waals surface area contributed by atoms with Crippen LogP contribution in [0.2, 0.25) is 0 Å². The number of rotatable bonds is 5. The van der Waals surface area contributed by atoms with Crippen molar-refractivity contribution in [1.29, 1.82) is 0 Å². The lowest BCUT2D eigenvalue weighted by Gasteiger charge is -2.17. The molecule has 0 saturated carbocycles. The first kappa shape index (κ1) is 17.0. The molecule has 1 aromatic carbocycles. The number of ether oxygens (including phenoxy) is 3. The van der Waals surface area contributed by atoms with Gasteiger partial charge in [0.25, 0.3) is 0 Å². The van der Waals surface area contributed by atoms with Gasteiger partial charge in [0.15, 0.2) is 0 Å². The average Bonchev–Trinajstić information content (AvgIpc) is 2.98. The van der Waals surface area contributed by atoms with Gasteiger partial charge in [0.2, 0.25) is 0 Å². The highest BCUT2D eigenvalue weighted by atomic mass is 16.5. The molecular formula is C18H20O5. The molecule has 0 amide bonds. The lowest BCUT2D eigenvalue weighted by atomic mass is 9.86. The summed E-state index contributed by atoms with van der Waals surface area (Å²) in [7, 11) is 2.57. The van der Waals surface area contributed by atoms with Crippen molar-refractivity contribution in [2.24, 2.45) is 11.8 Å². The quantitative estimate of drug-likeness (QED) is 0.616. The van der Waals surface area contributed by atoms with Gasteiger partial charge in [-0.05, 0) is 5.56 Å². The zero-order valence-electron chi connectivity index (χ0n) is 13.2. The minimum absolute atomic E-state index is 0.507. The van der Waals surface area contributed by atoms with Crippen LogP contribution in [0.25, 0.3) is 6.08 Å². The van der Waals surface area contributed by atoms with Crippen LogP contribution in [0.4, 0.5) is 0 Å². The van der Waals surface area contributed by atoms with Crippen LogP contribution in [0.15, 0.2) is 49.1 Å². The van der Waals surface area contributed by atoms with Crippen molar-refractivity contribution in [2.75, 3.05) is 14.2 Å². The third kappa shape index (κ3) is 3.68. The fraction of sp³-hybridized carbons (Fsp3) is 0.333. The number of carbonyl (C=O) groups excluding carboxylic acids is 2. The molecular weight excluding hydrogens is 296 g/mol. The van der Waals surface area contributed by atoms with Crippen LogP contribution in [0.1, 0.15) is 5.56 Å². The zero-order chi connectivity index (χ0) is 16.8. The van der Waals surface area contributed by atoms with Crippen LogP contribution in [0.5, 0.6) is 0 Å². The summed E-state index contributed by atoms with van der Waals surface area (Å²) >= 11 is 0. The van der Waals surface area contributed by atoms with Gasteiger partial charge in [-0.15, -0.1) is 6.58 Å². The zero-order valence-corrected chi connectivity index (χ0v) is 13.2. The second-order valence-electron chi connectivity index (χ2n) is 5.17. The van der Waals surface area contributed by atoms with Crippen molar-refractivity contribution in [3.8, 4) is 0 Å². The van der Waals surface area contributed by atoms with E-state index in [9.17, 15) is 9.59 Å². The van der Waals surface area contributed by atoms with Gasteiger partial charge >= 0.3 is 11.9 Å². The van der Waals surface area contributed by atoms with Crippen LogP contribution in [0.3, 0.4) is 0 Å². The number of hydrogen-bond acceptors (Lipinski definition) is 5. The number of carbonyl (C=O) groups is 2. The third-order valence-electron chi connectivity index (χ3n) is 3.87. The molecule has 0 N–H and O–H groups in total. The molecule has 2 rings (SSSR count). The summed E-state index contributed by atoms with van der Waals surface area (Å²) in [5.41, 5.74) is 0.969. The Morgan fingerprint density at radius 2 is 1.61 bits per heavy atom. The third-order valence-corrected chi connectivity index (χ3v) is 3.87. The Hall–Kier alpha value is -2.40. The first-order chi connectivity index (χ1) is 11.1. The van der Waals surface area contributed by atoms with E-state index in [0.717, 1.165) is 5.56 Å². The van der Waals surface area contributed by atoms with E-state index >= 15 is 0 Å². The van der Waals surface area contributed by atoms with Crippen molar-refractivity contribution < 1.29 is 23.8 Å². The molecule has 0 aromatic heterocycles. The Morgan fingerprint density at radius 3 is 2.13 bits per heavy atom. The predicted octanol–water partition coefficient (Wildman–Crippen LogP) is 2.23. The highest BCUT2D eigenvalue weighted by molar-refractivity contribution is 5.84. The van der Waals surface area contributed by atoms with E-state index in [0.29, 0.717) is 0 Å². The van der Waals surface area contributed by atoms with Crippen molar-refractivity contribution in [3.05, 3.63) is 54.6 Å². The highest BCUT2D eigenvalue weighted by Crippen LogP contribution is 2.36. The van der Waals surface area contributed by atoms with Gasteiger partial charge in [-0.1, -0.05) is 48.6 Å². The molecule has 23 heavy (non-hydrogen) atoms. The van der Waals surface area contributed by atoms with E-state index in [1.807, 2.05) is 36.4 Å². The van der Waals surface area contributed by atoms with Crippen molar-refractivity contribution in [1.82, 2.24) is 0 Å². The van der Waals surface area contributed by atoms with Gasteiger partial charge in [-0.3, -0.25) is 9.59 Å². The Kier molecular flexibility index (Phi) is 5.71. The standard InChI is InChI=1S/C18H20O5/c1-4-13-15(17(19)21-2)16(18(20)22-3)14(23-13)11-10-12-8-6-5-7-9-12/h4-11,13-16H,1H2,2-3H3/b11-10-. The van der Waals surface area contributed by atoms with E-state index < -0.39 is 36.0 Å². The van der Waals surface area contributed by atoms with Crippen LogP contribution in [0, 0.1) is 11.8 Å². The molecule has 1 aromatic rings. The van der Waals surface area contributed by atoms with Crippen LogP contribution in [-0.4, -0.2) is 38.4 Å². The Balaban J connectivity index is 2.29. The van der Waals surface area contributed by atoms with Gasteiger partial charge in [-0.25, -0.2) is 0 Å². The second-order valence-corrected chi connectivity index (χ2v) is 5.17. The van der Waals surface area contributed by atoms with Gasteiger partial charge in [0.05, 0.1) is 26.4 Å². The summed E-state index contributed by atoms with van der Waals surface area (Å²) in [4.78, 5) is 24.2. The Bertz CT molecular complexity index is 593. The van der Waals surface area contributed by atoms with E-state index in [4.69, 9.17) is 14.2 Å². The molecule has 4 atom stereocenters. The maximum Gasteiger partial charge on any atom is 0.312 e. The summed E-state index contributed by atoms with van der Waals surface area (Å²) in [6.07, 6.45) is 3.93. The van der Waals surface area contributed by atoms with Crippen LogP contribution >= 0.6 is 0 Å². The predicted molar refractivity (Wildman–Crippen MR) is 85.3 cm³/mol. The minimum atomic E-state index is -0.768. The maximum absolute atomic E-state index is 12.1. The molecule has 0 bridgehead atoms. The first-order valence-electron chi connectivity index (χ1n) is 7.29. The number of benzene rings is 1. The normalized spacial score (nSPS) is 26.9. The molecule has 1 aliphatic rings. The largest absolute Gasteiger partial charge is 0.469 e. The lowest BCUT2D eigenvalue weighted by Crippen LogP contribution is -2.35. The summed E-state index contributed by atoms with van der Waals surface area (Å²) in [6, 6.07) is 9.61.